The molecule has 0 aliphatic carbocycles. The van der Waals surface area contributed by atoms with Crippen molar-refractivity contribution >= 4 is 64.1 Å². The van der Waals surface area contributed by atoms with Crippen LogP contribution in [0, 0.1) is 11.3 Å². The Morgan fingerprint density at radius 3 is 1.81 bits per heavy atom. The van der Waals surface area contributed by atoms with E-state index >= 15 is 0 Å². The molecule has 2 aromatic rings. The Hall–Kier alpha value is -2.00. The zero-order valence-electron chi connectivity index (χ0n) is 14.7. The summed E-state index contributed by atoms with van der Waals surface area (Å²) in [6, 6.07) is 4.92. The van der Waals surface area contributed by atoms with Crippen LogP contribution >= 0.6 is 46.2 Å². The molecule has 0 amide bonds. The minimum atomic E-state index is -1.03. The van der Waals surface area contributed by atoms with Crippen molar-refractivity contribution in [2.24, 2.45) is 0 Å². The molecule has 2 heterocycles. The van der Waals surface area contributed by atoms with Gasteiger partial charge in [0.15, 0.2) is 0 Å². The molecule has 0 aliphatic heterocycles. The zero-order valence-corrected chi connectivity index (χ0v) is 18.0. The smallest absolute Gasteiger partial charge is 0.348 e. The van der Waals surface area contributed by atoms with Gasteiger partial charge >= 0.3 is 17.9 Å². The molecule has 27 heavy (non-hydrogen) atoms. The second kappa shape index (κ2) is 11.0. The number of carboxylic acid groups (broad SMARTS) is 1. The molecule has 0 unspecified atom stereocenters. The molecule has 144 valence electrons. The van der Waals surface area contributed by atoms with Gasteiger partial charge in [-0.15, -0.1) is 46.2 Å². The van der Waals surface area contributed by atoms with Gasteiger partial charge in [-0.1, -0.05) is 0 Å². The quantitative estimate of drug-likeness (QED) is 0.537. The summed E-state index contributed by atoms with van der Waals surface area (Å²) in [6.07, 6.45) is 3.63. The van der Waals surface area contributed by atoms with Crippen LogP contribution in [-0.4, -0.2) is 49.7 Å². The minimum absolute atomic E-state index is 0.155. The highest BCUT2D eigenvalue weighted by Crippen LogP contribution is 2.31. The van der Waals surface area contributed by atoms with Gasteiger partial charge in [0.2, 0.25) is 0 Å². The summed E-state index contributed by atoms with van der Waals surface area (Å²) in [5.41, 5.74) is 0.695. The van der Waals surface area contributed by atoms with E-state index in [9.17, 15) is 14.4 Å². The Morgan fingerprint density at radius 1 is 1.00 bits per heavy atom. The number of nitrogens with zero attached hydrogens (tertiary/aromatic N) is 1. The third-order valence-electron chi connectivity index (χ3n) is 2.89. The standard InChI is InChI=1S/C8H7NO2S2.C8H8O4S2/c1-11-7(10)6-3-5(4-9)8(12-2)13-6;1-12-7(11)5-3-4(6(9)10)8(13-2)14-5/h3H,1-2H3;3H,1-2H3,(H,9,10). The van der Waals surface area contributed by atoms with Gasteiger partial charge in [0.05, 0.1) is 33.8 Å². The number of hydrogen-bond donors (Lipinski definition) is 1. The maximum absolute atomic E-state index is 11.1. The van der Waals surface area contributed by atoms with E-state index in [-0.39, 0.29) is 11.5 Å². The van der Waals surface area contributed by atoms with Crippen LogP contribution in [0.15, 0.2) is 20.6 Å². The number of hydrogen-bond acceptors (Lipinski definition) is 10. The number of rotatable bonds is 5. The molecule has 0 bridgehead atoms. The van der Waals surface area contributed by atoms with E-state index in [4.69, 9.17) is 10.4 Å². The second-order valence-electron chi connectivity index (χ2n) is 4.43. The van der Waals surface area contributed by atoms with Crippen LogP contribution < -0.4 is 0 Å². The van der Waals surface area contributed by atoms with Crippen LogP contribution in [0.5, 0.6) is 0 Å². The minimum Gasteiger partial charge on any atom is -0.478 e. The maximum Gasteiger partial charge on any atom is 0.348 e. The Balaban J connectivity index is 0.000000271. The SMILES string of the molecule is COC(=O)c1cc(C#N)c(SC)s1.COC(=O)c1cc(C(=O)O)c(SC)s1. The second-order valence-corrected chi connectivity index (χ2v) is 8.69. The van der Waals surface area contributed by atoms with E-state index in [1.54, 1.807) is 12.3 Å². The van der Waals surface area contributed by atoms with Crippen LogP contribution in [0.25, 0.3) is 0 Å². The highest BCUT2D eigenvalue weighted by atomic mass is 32.2. The van der Waals surface area contributed by atoms with E-state index in [0.717, 1.165) is 15.5 Å². The molecule has 0 spiro atoms. The number of carbonyl (C=O) groups excluding carboxylic acids is 2. The zero-order chi connectivity index (χ0) is 20.6. The molecule has 2 rings (SSSR count). The molecule has 2 aromatic heterocycles. The highest BCUT2D eigenvalue weighted by molar-refractivity contribution is 8.00. The fourth-order valence-electron chi connectivity index (χ4n) is 1.68. The average molecular weight is 446 g/mol. The molecule has 0 fully saturated rings. The Morgan fingerprint density at radius 2 is 1.48 bits per heavy atom. The summed E-state index contributed by atoms with van der Waals surface area (Å²) in [5, 5.41) is 17.5. The molecule has 1 N–H and O–H groups in total. The third-order valence-corrected chi connectivity index (χ3v) is 7.39. The number of carbonyl (C=O) groups is 3. The number of nitriles is 1. The van der Waals surface area contributed by atoms with Gasteiger partial charge in [-0.05, 0) is 24.6 Å². The van der Waals surface area contributed by atoms with Crippen molar-refractivity contribution in [3.63, 3.8) is 0 Å². The van der Waals surface area contributed by atoms with Crippen molar-refractivity contribution < 1.29 is 29.0 Å². The average Bonchev–Trinajstić information content (AvgIpc) is 3.31. The number of thioether (sulfide) groups is 2. The topological polar surface area (TPSA) is 114 Å². The van der Waals surface area contributed by atoms with Crippen molar-refractivity contribution in [2.45, 2.75) is 8.42 Å². The fourth-order valence-corrected chi connectivity index (χ4v) is 5.13. The fraction of sp³-hybridized carbons (Fsp3) is 0.250. The molecule has 0 aliphatic rings. The van der Waals surface area contributed by atoms with Gasteiger partial charge in [0.25, 0.3) is 0 Å². The number of carboxylic acids is 1. The Bertz CT molecular complexity index is 880. The Labute approximate surface area is 172 Å². The maximum atomic E-state index is 11.1. The first-order valence-electron chi connectivity index (χ1n) is 6.98. The van der Waals surface area contributed by atoms with Gasteiger partial charge < -0.3 is 14.6 Å². The summed E-state index contributed by atoms with van der Waals surface area (Å²) in [7, 11) is 2.59. The molecular weight excluding hydrogens is 430 g/mol. The van der Waals surface area contributed by atoms with E-state index in [1.165, 1.54) is 55.1 Å². The number of esters is 2. The molecule has 0 saturated carbocycles. The van der Waals surface area contributed by atoms with Crippen molar-refractivity contribution in [3.05, 3.63) is 33.0 Å². The predicted octanol–water partition coefficient (Wildman–Crippen LogP) is 4.08. The first-order valence-corrected chi connectivity index (χ1v) is 11.1. The summed E-state index contributed by atoms with van der Waals surface area (Å²) in [6.45, 7) is 0. The normalized spacial score (nSPS) is 9.59. The van der Waals surface area contributed by atoms with Crippen molar-refractivity contribution in [1.82, 2.24) is 0 Å². The van der Waals surface area contributed by atoms with Crippen LogP contribution in [0.1, 0.15) is 35.3 Å². The first-order chi connectivity index (χ1) is 12.8. The third kappa shape index (κ3) is 6.00. The lowest BCUT2D eigenvalue weighted by molar-refractivity contribution is 0.0597. The first kappa shape index (κ1) is 23.0. The van der Waals surface area contributed by atoms with Crippen molar-refractivity contribution in [1.29, 1.82) is 5.26 Å². The molecule has 0 aromatic carbocycles. The molecule has 11 heteroatoms. The van der Waals surface area contributed by atoms with Crippen molar-refractivity contribution in [2.75, 3.05) is 26.7 Å². The van der Waals surface area contributed by atoms with E-state index in [0.29, 0.717) is 19.5 Å². The number of methoxy groups -OCH3 is 2. The summed E-state index contributed by atoms with van der Waals surface area (Å²) < 4.78 is 10.5. The van der Waals surface area contributed by atoms with Gasteiger partial charge in [0, 0.05) is 0 Å². The van der Waals surface area contributed by atoms with E-state index in [1.807, 2.05) is 12.3 Å². The van der Waals surface area contributed by atoms with Gasteiger partial charge in [0.1, 0.15) is 15.8 Å². The van der Waals surface area contributed by atoms with Gasteiger partial charge in [-0.3, -0.25) is 0 Å². The lowest BCUT2D eigenvalue weighted by Crippen LogP contribution is -1.98. The highest BCUT2D eigenvalue weighted by Gasteiger charge is 2.18. The molecule has 7 nitrogen and oxygen atoms in total. The number of thiophene rings is 2. The van der Waals surface area contributed by atoms with Crippen molar-refractivity contribution in [3.8, 4) is 6.07 Å². The van der Waals surface area contributed by atoms with Crippen LogP contribution in [0.3, 0.4) is 0 Å². The summed E-state index contributed by atoms with van der Waals surface area (Å²) in [4.78, 5) is 33.7. The molecule has 0 atom stereocenters. The molecular formula is C16H15NO6S4. The summed E-state index contributed by atoms with van der Waals surface area (Å²) >= 11 is 5.17. The number of aromatic carboxylic acids is 1. The molecule has 0 radical (unpaired) electrons. The van der Waals surface area contributed by atoms with Crippen LogP contribution in [-0.2, 0) is 9.47 Å². The van der Waals surface area contributed by atoms with Gasteiger partial charge in [-0.25, -0.2) is 14.4 Å². The largest absolute Gasteiger partial charge is 0.478 e. The molecule has 0 saturated heterocycles. The van der Waals surface area contributed by atoms with Crippen LogP contribution in [0.2, 0.25) is 0 Å². The van der Waals surface area contributed by atoms with Crippen LogP contribution in [0.4, 0.5) is 0 Å². The van der Waals surface area contributed by atoms with Gasteiger partial charge in [-0.2, -0.15) is 5.26 Å². The lowest BCUT2D eigenvalue weighted by atomic mass is 10.3. The lowest BCUT2D eigenvalue weighted by Gasteiger charge is -1.91. The number of ether oxygens (including phenoxy) is 2. The van der Waals surface area contributed by atoms with E-state index in [2.05, 4.69) is 9.47 Å². The Kier molecular flexibility index (Phi) is 9.37. The predicted molar refractivity (Wildman–Crippen MR) is 107 cm³/mol. The van der Waals surface area contributed by atoms with E-state index < -0.39 is 11.9 Å². The monoisotopic (exact) mass is 445 g/mol. The summed E-state index contributed by atoms with van der Waals surface area (Å²) in [5.74, 6) is -1.92.